The Bertz CT molecular complexity index is 203. The van der Waals surface area contributed by atoms with Crippen LogP contribution in [0.2, 0.25) is 0 Å². The van der Waals surface area contributed by atoms with E-state index in [2.05, 4.69) is 4.52 Å². The Kier molecular flexibility index (Phi) is 5.87. The van der Waals surface area contributed by atoms with Gasteiger partial charge in [0.05, 0.1) is 6.61 Å². The summed E-state index contributed by atoms with van der Waals surface area (Å²) in [5.41, 5.74) is 0. The van der Waals surface area contributed by atoms with Gasteiger partial charge in [0, 0.05) is 6.16 Å². The van der Waals surface area contributed by atoms with E-state index >= 15 is 0 Å². The van der Waals surface area contributed by atoms with Crippen LogP contribution in [0.5, 0.6) is 0 Å². The van der Waals surface area contributed by atoms with Crippen molar-refractivity contribution in [3.05, 3.63) is 0 Å². The summed E-state index contributed by atoms with van der Waals surface area (Å²) in [6, 6.07) is 0. The molecule has 0 saturated carbocycles. The van der Waals surface area contributed by atoms with Crippen LogP contribution >= 0.6 is 18.1 Å². The van der Waals surface area contributed by atoms with Gasteiger partial charge >= 0.3 is 6.11 Å². The first kappa shape index (κ1) is 13.7. The molecule has 1 atom stereocenters. The van der Waals surface area contributed by atoms with Crippen LogP contribution in [-0.4, -0.2) is 24.8 Å². The van der Waals surface area contributed by atoms with E-state index in [1.807, 2.05) is 0 Å². The predicted molar refractivity (Wildman–Crippen MR) is 53.2 cm³/mol. The van der Waals surface area contributed by atoms with Crippen LogP contribution in [0.4, 0.5) is 8.78 Å². The zero-order valence-electron chi connectivity index (χ0n) is 7.43. The van der Waals surface area contributed by atoms with Crippen LogP contribution < -0.4 is 0 Å². The zero-order chi connectivity index (χ0) is 10.5. The summed E-state index contributed by atoms with van der Waals surface area (Å²) in [7, 11) is 0. The molecule has 0 rings (SSSR count). The Morgan fingerprint density at radius 3 is 2.31 bits per heavy atom. The Labute approximate surface area is 86.7 Å². The van der Waals surface area contributed by atoms with Gasteiger partial charge in [-0.2, -0.15) is 8.78 Å². The molecule has 0 radical (unpaired) electrons. The molecule has 0 spiro atoms. The standard InChI is InChI=1S/C6H12ClF2O2PS/c1-3-10-12(13,4-2)11-6(8,9)5-7/h3-5H2,1-2H3. The third-order valence-electron chi connectivity index (χ3n) is 1.14. The molecular weight excluding hydrogens is 241 g/mol. The van der Waals surface area contributed by atoms with E-state index in [1.54, 1.807) is 13.8 Å². The lowest BCUT2D eigenvalue weighted by Crippen LogP contribution is -2.22. The maximum atomic E-state index is 12.7. The van der Waals surface area contributed by atoms with Crippen molar-refractivity contribution in [2.45, 2.75) is 20.0 Å². The Balaban J connectivity index is 4.35. The smallest absolute Gasteiger partial charge is 0.329 e. The van der Waals surface area contributed by atoms with Crippen LogP contribution in [-0.2, 0) is 20.9 Å². The maximum absolute atomic E-state index is 12.7. The molecule has 0 amide bonds. The van der Waals surface area contributed by atoms with E-state index in [4.69, 9.17) is 27.9 Å². The second-order valence-electron chi connectivity index (χ2n) is 2.21. The van der Waals surface area contributed by atoms with Gasteiger partial charge in [0.1, 0.15) is 5.88 Å². The third-order valence-corrected chi connectivity index (χ3v) is 4.74. The van der Waals surface area contributed by atoms with E-state index < -0.39 is 18.5 Å². The molecular formula is C6H12ClF2O2PS. The summed E-state index contributed by atoms with van der Waals surface area (Å²) in [6.07, 6.45) is -3.12. The Hall–Kier alpha value is 0.720. The molecule has 2 nitrogen and oxygen atoms in total. The molecule has 7 heteroatoms. The molecule has 0 aliphatic carbocycles. The second-order valence-corrected chi connectivity index (χ2v) is 6.44. The van der Waals surface area contributed by atoms with Gasteiger partial charge in [-0.3, -0.25) is 4.52 Å². The van der Waals surface area contributed by atoms with Gasteiger partial charge in [0.25, 0.3) is 0 Å². The monoisotopic (exact) mass is 252 g/mol. The lowest BCUT2D eigenvalue weighted by molar-refractivity contribution is -0.156. The minimum atomic E-state index is -3.39. The number of alkyl halides is 3. The molecule has 0 aromatic rings. The van der Waals surface area contributed by atoms with Gasteiger partial charge < -0.3 is 4.52 Å². The van der Waals surface area contributed by atoms with Crippen molar-refractivity contribution in [1.82, 2.24) is 0 Å². The van der Waals surface area contributed by atoms with Crippen molar-refractivity contribution in [2.24, 2.45) is 0 Å². The highest BCUT2D eigenvalue weighted by molar-refractivity contribution is 8.09. The second kappa shape index (κ2) is 5.56. The molecule has 13 heavy (non-hydrogen) atoms. The molecule has 0 aromatic heterocycles. The Morgan fingerprint density at radius 2 is 2.00 bits per heavy atom. The topological polar surface area (TPSA) is 18.5 Å². The van der Waals surface area contributed by atoms with Gasteiger partial charge in [-0.25, -0.2) is 0 Å². The average Bonchev–Trinajstić information content (AvgIpc) is 2.04. The van der Waals surface area contributed by atoms with Crippen molar-refractivity contribution in [3.63, 3.8) is 0 Å². The van der Waals surface area contributed by atoms with Gasteiger partial charge in [0.2, 0.25) is 0 Å². The number of halogens is 3. The molecule has 0 aliphatic heterocycles. The van der Waals surface area contributed by atoms with E-state index in [-0.39, 0.29) is 12.8 Å². The number of hydrogen-bond acceptors (Lipinski definition) is 3. The minimum Gasteiger partial charge on any atom is -0.329 e. The summed E-state index contributed by atoms with van der Waals surface area (Å²) in [5, 5.41) is 0. The van der Waals surface area contributed by atoms with E-state index in [1.165, 1.54) is 0 Å². The summed E-state index contributed by atoms with van der Waals surface area (Å²) < 4.78 is 34.8. The van der Waals surface area contributed by atoms with Crippen molar-refractivity contribution >= 4 is 29.9 Å². The van der Waals surface area contributed by atoms with Gasteiger partial charge in [-0.1, -0.05) is 6.92 Å². The average molecular weight is 253 g/mol. The summed E-state index contributed by atoms with van der Waals surface area (Å²) in [4.78, 5) is 0. The molecule has 0 bridgehead atoms. The highest BCUT2D eigenvalue weighted by atomic mass is 35.5. The first-order chi connectivity index (χ1) is 5.89. The zero-order valence-corrected chi connectivity index (χ0v) is 9.89. The summed E-state index contributed by atoms with van der Waals surface area (Å²) in [5.74, 6) is -0.904. The van der Waals surface area contributed by atoms with Crippen LogP contribution in [0.25, 0.3) is 0 Å². The molecule has 0 aliphatic rings. The largest absolute Gasteiger partial charge is 0.374 e. The van der Waals surface area contributed by atoms with Crippen LogP contribution in [0.15, 0.2) is 0 Å². The van der Waals surface area contributed by atoms with Crippen molar-refractivity contribution < 1.29 is 17.8 Å². The highest BCUT2D eigenvalue weighted by Gasteiger charge is 2.36. The highest BCUT2D eigenvalue weighted by Crippen LogP contribution is 2.52. The van der Waals surface area contributed by atoms with Crippen molar-refractivity contribution in [2.75, 3.05) is 18.6 Å². The maximum Gasteiger partial charge on any atom is 0.374 e. The molecule has 0 saturated heterocycles. The van der Waals surface area contributed by atoms with Crippen LogP contribution in [0.3, 0.4) is 0 Å². The van der Waals surface area contributed by atoms with Crippen molar-refractivity contribution in [3.8, 4) is 0 Å². The molecule has 1 unspecified atom stereocenters. The van der Waals surface area contributed by atoms with Crippen LogP contribution in [0, 0.1) is 0 Å². The van der Waals surface area contributed by atoms with E-state index in [0.717, 1.165) is 0 Å². The fraction of sp³-hybridized carbons (Fsp3) is 1.00. The number of hydrogen-bond donors (Lipinski definition) is 0. The van der Waals surface area contributed by atoms with Gasteiger partial charge in [0.15, 0.2) is 6.49 Å². The molecule has 0 fully saturated rings. The predicted octanol–water partition coefficient (Wildman–Crippen LogP) is 3.20. The molecule has 0 heterocycles. The first-order valence-electron chi connectivity index (χ1n) is 3.77. The Morgan fingerprint density at radius 1 is 1.46 bits per heavy atom. The normalized spacial score (nSPS) is 17.0. The van der Waals surface area contributed by atoms with Crippen molar-refractivity contribution in [1.29, 1.82) is 0 Å². The fourth-order valence-electron chi connectivity index (χ4n) is 0.607. The minimum absolute atomic E-state index is 0.267. The molecule has 0 aromatic carbocycles. The summed E-state index contributed by atoms with van der Waals surface area (Å²) in [6.45, 7) is 0.761. The molecule has 0 N–H and O–H groups in total. The lowest BCUT2D eigenvalue weighted by Gasteiger charge is -2.24. The van der Waals surface area contributed by atoms with E-state index in [9.17, 15) is 8.78 Å². The summed E-state index contributed by atoms with van der Waals surface area (Å²) >= 11 is 9.84. The molecule has 80 valence electrons. The first-order valence-corrected chi connectivity index (χ1v) is 7.13. The van der Waals surface area contributed by atoms with Crippen LogP contribution in [0.1, 0.15) is 13.8 Å². The quantitative estimate of drug-likeness (QED) is 0.534. The third kappa shape index (κ3) is 5.23. The van der Waals surface area contributed by atoms with Gasteiger partial charge in [-0.05, 0) is 18.7 Å². The fourth-order valence-corrected chi connectivity index (χ4v) is 2.61. The van der Waals surface area contributed by atoms with Gasteiger partial charge in [-0.15, -0.1) is 11.6 Å². The lowest BCUT2D eigenvalue weighted by atomic mass is 10.8. The number of rotatable bonds is 6. The SMILES string of the molecule is CCOP(=S)(CC)OC(F)(F)CCl. The van der Waals surface area contributed by atoms with E-state index in [0.29, 0.717) is 0 Å².